The van der Waals surface area contributed by atoms with E-state index in [2.05, 4.69) is 27.5 Å². The topological polar surface area (TPSA) is 39.2 Å². The van der Waals surface area contributed by atoms with E-state index in [0.717, 1.165) is 10.3 Å². The zero-order valence-electron chi connectivity index (χ0n) is 7.37. The van der Waals surface area contributed by atoms with E-state index in [1.807, 2.05) is 18.2 Å². The molecule has 1 atom stereocenters. The predicted octanol–water partition coefficient (Wildman–Crippen LogP) is 2.39. The van der Waals surface area contributed by atoms with E-state index in [1.165, 1.54) is 0 Å². The minimum atomic E-state index is -0.322. The van der Waals surface area contributed by atoms with Crippen molar-refractivity contribution >= 4 is 21.9 Å². The van der Waals surface area contributed by atoms with Gasteiger partial charge in [-0.1, -0.05) is 12.6 Å². The number of nitrogens with zero attached hydrogens (tertiary/aromatic N) is 1. The molecule has 1 unspecified atom stereocenters. The zero-order chi connectivity index (χ0) is 10.1. The largest absolute Gasteiger partial charge is 0.452 e. The first-order valence-corrected chi connectivity index (χ1v) is 4.97. The molecule has 0 saturated carbocycles. The third kappa shape index (κ3) is 1.70. The van der Waals surface area contributed by atoms with Gasteiger partial charge in [0.1, 0.15) is 10.7 Å². The summed E-state index contributed by atoms with van der Waals surface area (Å²) in [6.07, 6.45) is 0.259. The number of pyridine rings is 1. The zero-order valence-corrected chi connectivity index (χ0v) is 8.95. The summed E-state index contributed by atoms with van der Waals surface area (Å²) in [7, 11) is 0. The van der Waals surface area contributed by atoms with Crippen LogP contribution >= 0.6 is 15.9 Å². The number of ether oxygens (including phenoxy) is 1. The molecule has 0 amide bonds. The van der Waals surface area contributed by atoms with E-state index in [4.69, 9.17) is 4.74 Å². The third-order valence-corrected chi connectivity index (χ3v) is 2.48. The Labute approximate surface area is 89.9 Å². The number of carbonyl (C=O) groups is 1. The second-order valence-corrected chi connectivity index (χ2v) is 3.90. The summed E-state index contributed by atoms with van der Waals surface area (Å²) in [5.74, 6) is -0.322. The Kier molecular flexibility index (Phi) is 2.37. The van der Waals surface area contributed by atoms with Crippen molar-refractivity contribution in [3.05, 3.63) is 40.6 Å². The van der Waals surface area contributed by atoms with Gasteiger partial charge >= 0.3 is 5.97 Å². The highest BCUT2D eigenvalue weighted by Crippen LogP contribution is 2.31. The van der Waals surface area contributed by atoms with Gasteiger partial charge in [0, 0.05) is 12.0 Å². The Bertz CT molecular complexity index is 387. The fourth-order valence-electron chi connectivity index (χ4n) is 1.33. The number of esters is 1. The van der Waals surface area contributed by atoms with Gasteiger partial charge in [-0.2, -0.15) is 0 Å². The molecule has 2 rings (SSSR count). The molecule has 1 fully saturated rings. The lowest BCUT2D eigenvalue weighted by Crippen LogP contribution is -2.00. The molecule has 0 aliphatic carbocycles. The van der Waals surface area contributed by atoms with Crippen LogP contribution < -0.4 is 0 Å². The Hall–Kier alpha value is -1.16. The van der Waals surface area contributed by atoms with Crippen molar-refractivity contribution in [3.63, 3.8) is 0 Å². The maximum Gasteiger partial charge on any atom is 0.334 e. The SMILES string of the molecule is C=C1CC(c2cccc(Br)n2)OC1=O. The first-order valence-electron chi connectivity index (χ1n) is 4.18. The van der Waals surface area contributed by atoms with Crippen molar-refractivity contribution < 1.29 is 9.53 Å². The number of halogens is 1. The van der Waals surface area contributed by atoms with Crippen molar-refractivity contribution in [3.8, 4) is 0 Å². The van der Waals surface area contributed by atoms with Gasteiger partial charge in [-0.05, 0) is 28.1 Å². The van der Waals surface area contributed by atoms with Gasteiger partial charge in [-0.3, -0.25) is 0 Å². The fourth-order valence-corrected chi connectivity index (χ4v) is 1.69. The molecule has 2 heterocycles. The molecule has 1 aromatic rings. The van der Waals surface area contributed by atoms with E-state index < -0.39 is 0 Å². The molecule has 0 radical (unpaired) electrons. The summed E-state index contributed by atoms with van der Waals surface area (Å²) in [4.78, 5) is 15.3. The van der Waals surface area contributed by atoms with Crippen LogP contribution in [-0.2, 0) is 9.53 Å². The van der Waals surface area contributed by atoms with Crippen molar-refractivity contribution in [2.75, 3.05) is 0 Å². The lowest BCUT2D eigenvalue weighted by molar-refractivity contribution is -0.139. The van der Waals surface area contributed by atoms with Crippen LogP contribution in [0, 0.1) is 0 Å². The maximum atomic E-state index is 11.1. The lowest BCUT2D eigenvalue weighted by atomic mass is 10.1. The van der Waals surface area contributed by atoms with Crippen LogP contribution in [0.1, 0.15) is 18.2 Å². The summed E-state index contributed by atoms with van der Waals surface area (Å²) in [5, 5.41) is 0. The highest BCUT2D eigenvalue weighted by molar-refractivity contribution is 9.10. The van der Waals surface area contributed by atoms with E-state index in [0.29, 0.717) is 12.0 Å². The Morgan fingerprint density at radius 3 is 2.93 bits per heavy atom. The minimum Gasteiger partial charge on any atom is -0.452 e. The van der Waals surface area contributed by atoms with Gasteiger partial charge in [-0.25, -0.2) is 9.78 Å². The van der Waals surface area contributed by atoms with Crippen molar-refractivity contribution in [2.45, 2.75) is 12.5 Å². The highest BCUT2D eigenvalue weighted by atomic mass is 79.9. The van der Waals surface area contributed by atoms with Crippen LogP contribution in [0.2, 0.25) is 0 Å². The van der Waals surface area contributed by atoms with E-state index in [9.17, 15) is 4.79 Å². The van der Waals surface area contributed by atoms with Gasteiger partial charge in [0.15, 0.2) is 0 Å². The van der Waals surface area contributed by atoms with Crippen LogP contribution in [0.4, 0.5) is 0 Å². The number of rotatable bonds is 1. The molecule has 0 spiro atoms. The molecule has 0 bridgehead atoms. The summed E-state index contributed by atoms with van der Waals surface area (Å²) < 4.78 is 5.83. The van der Waals surface area contributed by atoms with Crippen LogP contribution in [0.5, 0.6) is 0 Å². The predicted molar refractivity (Wildman–Crippen MR) is 54.5 cm³/mol. The van der Waals surface area contributed by atoms with E-state index in [1.54, 1.807) is 0 Å². The molecular formula is C10H8BrNO2. The normalized spacial score (nSPS) is 21.1. The quantitative estimate of drug-likeness (QED) is 0.439. The molecular weight excluding hydrogens is 246 g/mol. The van der Waals surface area contributed by atoms with Crippen molar-refractivity contribution in [1.82, 2.24) is 4.98 Å². The molecule has 0 N–H and O–H groups in total. The second kappa shape index (κ2) is 3.53. The number of hydrogen-bond donors (Lipinski definition) is 0. The average molecular weight is 254 g/mol. The molecule has 1 aromatic heterocycles. The van der Waals surface area contributed by atoms with E-state index in [-0.39, 0.29) is 12.1 Å². The van der Waals surface area contributed by atoms with Crippen LogP contribution in [0.15, 0.2) is 35.0 Å². The van der Waals surface area contributed by atoms with Gasteiger partial charge in [0.2, 0.25) is 0 Å². The van der Waals surface area contributed by atoms with E-state index >= 15 is 0 Å². The monoisotopic (exact) mass is 253 g/mol. The molecule has 1 saturated heterocycles. The van der Waals surface area contributed by atoms with Gasteiger partial charge in [0.25, 0.3) is 0 Å². The Morgan fingerprint density at radius 2 is 2.36 bits per heavy atom. The average Bonchev–Trinajstić information content (AvgIpc) is 2.47. The highest BCUT2D eigenvalue weighted by Gasteiger charge is 2.29. The standard InChI is InChI=1S/C10H8BrNO2/c1-6-5-8(14-10(6)13)7-3-2-4-9(11)12-7/h2-4,8H,1,5H2. The smallest absolute Gasteiger partial charge is 0.334 e. The van der Waals surface area contributed by atoms with Gasteiger partial charge < -0.3 is 4.74 Å². The first kappa shape index (κ1) is 9.40. The number of carbonyl (C=O) groups excluding carboxylic acids is 1. The number of hydrogen-bond acceptors (Lipinski definition) is 3. The Balaban J connectivity index is 2.25. The lowest BCUT2D eigenvalue weighted by Gasteiger charge is -2.07. The van der Waals surface area contributed by atoms with Crippen molar-refractivity contribution in [2.24, 2.45) is 0 Å². The maximum absolute atomic E-state index is 11.1. The summed E-state index contributed by atoms with van der Waals surface area (Å²) in [6, 6.07) is 5.53. The number of aromatic nitrogens is 1. The molecule has 14 heavy (non-hydrogen) atoms. The van der Waals surface area contributed by atoms with Crippen molar-refractivity contribution in [1.29, 1.82) is 0 Å². The molecule has 4 heteroatoms. The Morgan fingerprint density at radius 1 is 1.57 bits per heavy atom. The van der Waals surface area contributed by atoms with Crippen LogP contribution in [0.3, 0.4) is 0 Å². The van der Waals surface area contributed by atoms with Crippen LogP contribution in [0.25, 0.3) is 0 Å². The van der Waals surface area contributed by atoms with Crippen LogP contribution in [-0.4, -0.2) is 11.0 Å². The summed E-state index contributed by atoms with van der Waals surface area (Å²) in [6.45, 7) is 3.62. The third-order valence-electron chi connectivity index (χ3n) is 2.04. The van der Waals surface area contributed by atoms with Gasteiger partial charge in [0.05, 0.1) is 5.69 Å². The summed E-state index contributed by atoms with van der Waals surface area (Å²) >= 11 is 3.27. The first-order chi connectivity index (χ1) is 6.66. The fraction of sp³-hybridized carbons (Fsp3) is 0.200. The van der Waals surface area contributed by atoms with Gasteiger partial charge in [-0.15, -0.1) is 0 Å². The number of cyclic esters (lactones) is 1. The molecule has 3 nitrogen and oxygen atoms in total. The molecule has 1 aliphatic heterocycles. The minimum absolute atomic E-state index is 0.271. The summed E-state index contributed by atoms with van der Waals surface area (Å²) in [5.41, 5.74) is 1.27. The molecule has 72 valence electrons. The molecule has 0 aromatic carbocycles. The molecule has 1 aliphatic rings. The second-order valence-electron chi connectivity index (χ2n) is 3.09.